The average molecular weight is 291 g/mol. The van der Waals surface area contributed by atoms with E-state index in [9.17, 15) is 9.59 Å². The number of H-pyrrole nitrogens is 1. The summed E-state index contributed by atoms with van der Waals surface area (Å²) in [5.74, 6) is 0.574. The maximum Gasteiger partial charge on any atom is 0.315 e. The highest BCUT2D eigenvalue weighted by Crippen LogP contribution is 2.12. The second-order valence-corrected chi connectivity index (χ2v) is 4.59. The zero-order valence-corrected chi connectivity index (χ0v) is 11.8. The summed E-state index contributed by atoms with van der Waals surface area (Å²) in [7, 11) is 0. The fourth-order valence-corrected chi connectivity index (χ4v) is 1.56. The first-order chi connectivity index (χ1) is 10.1. The number of nitrogens with zero attached hydrogens (tertiary/aromatic N) is 2. The van der Waals surface area contributed by atoms with E-state index in [1.165, 1.54) is 12.3 Å². The lowest BCUT2D eigenvalue weighted by Gasteiger charge is -2.11. The van der Waals surface area contributed by atoms with Crippen LogP contribution < -0.4 is 16.2 Å². The number of hydrogen-bond acceptors (Lipinski definition) is 5. The number of hydrogen-bond donors (Lipinski definition) is 3. The van der Waals surface area contributed by atoms with Crippen molar-refractivity contribution in [2.24, 2.45) is 0 Å². The summed E-state index contributed by atoms with van der Waals surface area (Å²) in [5, 5.41) is 9.16. The van der Waals surface area contributed by atoms with Crippen LogP contribution in [0.25, 0.3) is 11.4 Å². The Hall–Kier alpha value is -2.64. The van der Waals surface area contributed by atoms with Crippen LogP contribution in [0.1, 0.15) is 26.2 Å². The molecule has 2 aromatic rings. The minimum atomic E-state index is -0.291. The van der Waals surface area contributed by atoms with Crippen molar-refractivity contribution < 1.29 is 9.32 Å². The van der Waals surface area contributed by atoms with E-state index in [0.29, 0.717) is 11.4 Å². The molecule has 3 N–H and O–H groups in total. The number of aromatic amines is 1. The molecular weight excluding hydrogens is 274 g/mol. The summed E-state index contributed by atoms with van der Waals surface area (Å²) in [6, 6.07) is 2.84. The number of carbonyl (C=O) groups is 1. The van der Waals surface area contributed by atoms with Crippen LogP contribution in [0, 0.1) is 0 Å². The van der Waals surface area contributed by atoms with Crippen molar-refractivity contribution in [2.75, 3.05) is 0 Å². The van der Waals surface area contributed by atoms with Crippen LogP contribution in [-0.4, -0.2) is 27.2 Å². The van der Waals surface area contributed by atoms with Gasteiger partial charge in [-0.2, -0.15) is 4.98 Å². The van der Waals surface area contributed by atoms with Crippen LogP contribution in [0.3, 0.4) is 0 Å². The zero-order valence-electron chi connectivity index (χ0n) is 11.8. The lowest BCUT2D eigenvalue weighted by atomic mass is 10.2. The van der Waals surface area contributed by atoms with E-state index in [1.54, 1.807) is 6.07 Å². The normalized spacial score (nSPS) is 11.9. The number of nitrogens with one attached hydrogen (secondary N) is 3. The fraction of sp³-hybridized carbons (Fsp3) is 0.385. The second kappa shape index (κ2) is 6.69. The van der Waals surface area contributed by atoms with Crippen LogP contribution in [0.5, 0.6) is 0 Å². The maximum atomic E-state index is 11.5. The van der Waals surface area contributed by atoms with Crippen molar-refractivity contribution in [3.63, 3.8) is 0 Å². The molecule has 112 valence electrons. The third kappa shape index (κ3) is 4.16. The van der Waals surface area contributed by atoms with Gasteiger partial charge < -0.3 is 20.1 Å². The van der Waals surface area contributed by atoms with Gasteiger partial charge in [0.15, 0.2) is 0 Å². The van der Waals surface area contributed by atoms with Crippen LogP contribution in [-0.2, 0) is 6.54 Å². The molecule has 1 atom stereocenters. The molecule has 2 heterocycles. The van der Waals surface area contributed by atoms with E-state index in [4.69, 9.17) is 4.52 Å². The molecule has 0 spiro atoms. The standard InChI is InChI=1S/C13H17N5O3/c1-3-8(2)16-13(20)15-7-11-17-12(18-21-11)9-4-5-14-10(19)6-9/h4-6,8H,3,7H2,1-2H3,(H,14,19)(H2,15,16,20)/t8-/m1/s1. The summed E-state index contributed by atoms with van der Waals surface area (Å²) in [5.41, 5.74) is 0.308. The molecule has 0 bridgehead atoms. The number of aromatic nitrogens is 3. The summed E-state index contributed by atoms with van der Waals surface area (Å²) in [4.78, 5) is 29.4. The van der Waals surface area contributed by atoms with Crippen LogP contribution in [0.15, 0.2) is 27.6 Å². The van der Waals surface area contributed by atoms with Gasteiger partial charge in [0.2, 0.25) is 17.3 Å². The van der Waals surface area contributed by atoms with Crippen molar-refractivity contribution in [3.05, 3.63) is 34.6 Å². The Balaban J connectivity index is 1.95. The van der Waals surface area contributed by atoms with Crippen molar-refractivity contribution in [1.29, 1.82) is 0 Å². The highest BCUT2D eigenvalue weighted by molar-refractivity contribution is 5.74. The molecule has 8 heteroatoms. The Morgan fingerprint density at radius 2 is 2.33 bits per heavy atom. The third-order valence-electron chi connectivity index (χ3n) is 2.89. The minimum Gasteiger partial charge on any atom is -0.337 e. The third-order valence-corrected chi connectivity index (χ3v) is 2.89. The van der Waals surface area contributed by atoms with Crippen LogP contribution in [0.2, 0.25) is 0 Å². The first kappa shape index (κ1) is 14.8. The van der Waals surface area contributed by atoms with Crippen LogP contribution in [0.4, 0.5) is 4.79 Å². The fourth-order valence-electron chi connectivity index (χ4n) is 1.56. The van der Waals surface area contributed by atoms with Gasteiger partial charge in [-0.25, -0.2) is 4.79 Å². The van der Waals surface area contributed by atoms with Gasteiger partial charge in [0, 0.05) is 23.9 Å². The Kier molecular flexibility index (Phi) is 4.70. The van der Waals surface area contributed by atoms with E-state index < -0.39 is 0 Å². The number of amides is 2. The number of rotatable bonds is 5. The van der Waals surface area contributed by atoms with E-state index in [2.05, 4.69) is 25.8 Å². The molecular formula is C13H17N5O3. The Morgan fingerprint density at radius 1 is 1.52 bits per heavy atom. The second-order valence-electron chi connectivity index (χ2n) is 4.59. The largest absolute Gasteiger partial charge is 0.337 e. The summed E-state index contributed by atoms with van der Waals surface area (Å²) >= 11 is 0. The smallest absolute Gasteiger partial charge is 0.315 e. The Labute approximate surface area is 121 Å². The SMILES string of the molecule is CC[C@@H](C)NC(=O)NCc1nc(-c2cc[nH]c(=O)c2)no1. The highest BCUT2D eigenvalue weighted by atomic mass is 16.5. The van der Waals surface area contributed by atoms with Crippen LogP contribution >= 0.6 is 0 Å². The van der Waals surface area contributed by atoms with Gasteiger partial charge in [0.1, 0.15) is 0 Å². The molecule has 0 saturated carbocycles. The first-order valence-electron chi connectivity index (χ1n) is 6.64. The van der Waals surface area contributed by atoms with E-state index in [1.807, 2.05) is 13.8 Å². The monoisotopic (exact) mass is 291 g/mol. The summed E-state index contributed by atoms with van der Waals surface area (Å²) < 4.78 is 5.02. The molecule has 2 amide bonds. The Bertz CT molecular complexity index is 664. The zero-order chi connectivity index (χ0) is 15.2. The number of urea groups is 1. The van der Waals surface area contributed by atoms with Crippen molar-refractivity contribution in [2.45, 2.75) is 32.9 Å². The molecule has 2 rings (SSSR count). The molecule has 0 fully saturated rings. The molecule has 0 aliphatic heterocycles. The van der Waals surface area contributed by atoms with Crippen molar-refractivity contribution in [3.8, 4) is 11.4 Å². The molecule has 0 aliphatic carbocycles. The quantitative estimate of drug-likeness (QED) is 0.761. The highest BCUT2D eigenvalue weighted by Gasteiger charge is 2.10. The lowest BCUT2D eigenvalue weighted by molar-refractivity contribution is 0.235. The Morgan fingerprint density at radius 3 is 3.05 bits per heavy atom. The van der Waals surface area contributed by atoms with Crippen molar-refractivity contribution in [1.82, 2.24) is 25.8 Å². The molecule has 0 unspecified atom stereocenters. The lowest BCUT2D eigenvalue weighted by Crippen LogP contribution is -2.40. The molecule has 0 saturated heterocycles. The van der Waals surface area contributed by atoms with Gasteiger partial charge in [-0.15, -0.1) is 0 Å². The number of pyridine rings is 1. The average Bonchev–Trinajstić information content (AvgIpc) is 2.94. The molecule has 21 heavy (non-hydrogen) atoms. The van der Waals surface area contributed by atoms with Gasteiger partial charge in [-0.1, -0.05) is 12.1 Å². The molecule has 0 aliphatic rings. The van der Waals surface area contributed by atoms with E-state index in [-0.39, 0.29) is 30.1 Å². The van der Waals surface area contributed by atoms with Gasteiger partial charge in [0.05, 0.1) is 6.54 Å². The molecule has 0 radical (unpaired) electrons. The van der Waals surface area contributed by atoms with Gasteiger partial charge in [-0.3, -0.25) is 4.79 Å². The summed E-state index contributed by atoms with van der Waals surface area (Å²) in [6.45, 7) is 4.02. The molecule has 8 nitrogen and oxygen atoms in total. The van der Waals surface area contributed by atoms with E-state index >= 15 is 0 Å². The predicted molar refractivity (Wildman–Crippen MR) is 75.5 cm³/mol. The predicted octanol–water partition coefficient (Wildman–Crippen LogP) is 1.02. The van der Waals surface area contributed by atoms with Gasteiger partial charge in [0.25, 0.3) is 0 Å². The number of carbonyl (C=O) groups excluding carboxylic acids is 1. The molecule has 2 aromatic heterocycles. The van der Waals surface area contributed by atoms with E-state index in [0.717, 1.165) is 6.42 Å². The topological polar surface area (TPSA) is 113 Å². The van der Waals surface area contributed by atoms with Gasteiger partial charge in [-0.05, 0) is 19.4 Å². The minimum absolute atomic E-state index is 0.0966. The first-order valence-corrected chi connectivity index (χ1v) is 6.64. The maximum absolute atomic E-state index is 11.5. The molecule has 0 aromatic carbocycles. The van der Waals surface area contributed by atoms with Crippen molar-refractivity contribution >= 4 is 6.03 Å². The summed E-state index contributed by atoms with van der Waals surface area (Å²) in [6.07, 6.45) is 2.35. The van der Waals surface area contributed by atoms with Gasteiger partial charge >= 0.3 is 6.03 Å².